The van der Waals surface area contributed by atoms with Crippen molar-refractivity contribution in [3.05, 3.63) is 29.8 Å². The van der Waals surface area contributed by atoms with Crippen LogP contribution >= 0.6 is 0 Å². The lowest BCUT2D eigenvalue weighted by atomic mass is 9.93. The topological polar surface area (TPSA) is 39.3 Å². The molecule has 1 amide bonds. The van der Waals surface area contributed by atoms with Crippen LogP contribution in [0.3, 0.4) is 0 Å². The van der Waals surface area contributed by atoms with E-state index in [2.05, 4.69) is 52.9 Å². The minimum absolute atomic E-state index is 0.201. The van der Waals surface area contributed by atoms with E-state index in [1.165, 1.54) is 18.4 Å². The van der Waals surface area contributed by atoms with Crippen LogP contribution in [0.2, 0.25) is 0 Å². The van der Waals surface area contributed by atoms with Crippen LogP contribution in [0.25, 0.3) is 0 Å². The zero-order valence-electron chi connectivity index (χ0n) is 20.1. The number of carbonyl (C=O) groups excluding carboxylic acids is 1. The van der Waals surface area contributed by atoms with E-state index in [4.69, 9.17) is 4.74 Å². The van der Waals surface area contributed by atoms with E-state index in [-0.39, 0.29) is 5.92 Å². The molecule has 2 aliphatic rings. The van der Waals surface area contributed by atoms with Gasteiger partial charge >= 0.3 is 0 Å². The Kier molecular flexibility index (Phi) is 9.17. The molecule has 1 aromatic rings. The van der Waals surface area contributed by atoms with Crippen LogP contribution in [0.1, 0.15) is 31.2 Å². The maximum Gasteiger partial charge on any atom is 0.225 e. The Morgan fingerprint density at radius 2 is 1.84 bits per heavy atom. The smallest absolute Gasteiger partial charge is 0.225 e. The van der Waals surface area contributed by atoms with Gasteiger partial charge in [-0.1, -0.05) is 18.2 Å². The third-order valence-electron chi connectivity index (χ3n) is 6.86. The second kappa shape index (κ2) is 11.8. The molecule has 6 nitrogen and oxygen atoms in total. The van der Waals surface area contributed by atoms with Gasteiger partial charge in [-0.2, -0.15) is 0 Å². The number of rotatable bonds is 9. The number of hydrogen-bond acceptors (Lipinski definition) is 5. The van der Waals surface area contributed by atoms with E-state index in [0.29, 0.717) is 11.8 Å². The third-order valence-corrected chi connectivity index (χ3v) is 6.86. The van der Waals surface area contributed by atoms with Gasteiger partial charge in [-0.3, -0.25) is 9.69 Å². The third kappa shape index (κ3) is 7.19. The summed E-state index contributed by atoms with van der Waals surface area (Å²) < 4.78 is 5.55. The normalized spacial score (nSPS) is 21.4. The van der Waals surface area contributed by atoms with Gasteiger partial charge in [-0.15, -0.1) is 0 Å². The number of carbonyl (C=O) groups is 1. The average Bonchev–Trinajstić information content (AvgIpc) is 2.77. The molecule has 6 heteroatoms. The molecule has 0 aromatic heterocycles. The number of ether oxygens (including phenoxy) is 1. The van der Waals surface area contributed by atoms with Crippen LogP contribution in [0.4, 0.5) is 0 Å². The Balaban J connectivity index is 1.60. The number of hydrogen-bond donors (Lipinski definition) is 0. The average molecular weight is 431 g/mol. The van der Waals surface area contributed by atoms with Gasteiger partial charge < -0.3 is 19.4 Å². The van der Waals surface area contributed by atoms with Crippen LogP contribution in [-0.2, 0) is 11.3 Å². The number of piperidine rings is 2. The van der Waals surface area contributed by atoms with E-state index in [1.807, 2.05) is 12.1 Å². The lowest BCUT2D eigenvalue weighted by molar-refractivity contribution is -0.138. The van der Waals surface area contributed by atoms with Crippen molar-refractivity contribution >= 4 is 5.91 Å². The van der Waals surface area contributed by atoms with E-state index < -0.39 is 0 Å². The number of likely N-dealkylation sites (tertiary alicyclic amines) is 2. The molecule has 2 fully saturated rings. The summed E-state index contributed by atoms with van der Waals surface area (Å²) in [6.45, 7) is 7.81. The maximum absolute atomic E-state index is 13.4. The molecule has 2 heterocycles. The molecule has 0 aliphatic carbocycles. The molecule has 0 radical (unpaired) electrons. The zero-order chi connectivity index (χ0) is 22.2. The Labute approximate surface area is 189 Å². The summed E-state index contributed by atoms with van der Waals surface area (Å²) in [7, 11) is 8.08. The molecule has 2 saturated heterocycles. The van der Waals surface area contributed by atoms with Gasteiger partial charge in [0.25, 0.3) is 0 Å². The number of nitrogens with zero attached hydrogens (tertiary/aromatic N) is 4. The van der Waals surface area contributed by atoms with Gasteiger partial charge in [0.05, 0.1) is 7.11 Å². The summed E-state index contributed by atoms with van der Waals surface area (Å²) in [6, 6.07) is 8.32. The van der Waals surface area contributed by atoms with Crippen molar-refractivity contribution in [1.29, 1.82) is 0 Å². The van der Waals surface area contributed by atoms with Crippen LogP contribution in [-0.4, -0.2) is 99.6 Å². The number of benzene rings is 1. The Morgan fingerprint density at radius 3 is 2.55 bits per heavy atom. The second-order valence-electron chi connectivity index (χ2n) is 9.72. The maximum atomic E-state index is 13.4. The predicted octanol–water partition coefficient (Wildman–Crippen LogP) is 2.64. The highest BCUT2D eigenvalue weighted by molar-refractivity contribution is 5.79. The summed E-state index contributed by atoms with van der Waals surface area (Å²) in [5, 5.41) is 0. The van der Waals surface area contributed by atoms with Crippen molar-refractivity contribution in [2.24, 2.45) is 11.8 Å². The molecule has 2 aliphatic heterocycles. The molecule has 0 bridgehead atoms. The fraction of sp³-hybridized carbons (Fsp3) is 0.720. The highest BCUT2D eigenvalue weighted by Gasteiger charge is 2.30. The van der Waals surface area contributed by atoms with Gasteiger partial charge in [-0.05, 0) is 78.4 Å². The van der Waals surface area contributed by atoms with Gasteiger partial charge in [-0.25, -0.2) is 0 Å². The number of methoxy groups -OCH3 is 1. The highest BCUT2D eigenvalue weighted by Crippen LogP contribution is 2.25. The second-order valence-corrected chi connectivity index (χ2v) is 9.72. The Morgan fingerprint density at radius 1 is 1.10 bits per heavy atom. The Hall–Kier alpha value is -1.63. The number of amides is 1. The summed E-state index contributed by atoms with van der Waals surface area (Å²) in [4.78, 5) is 22.7. The molecular weight excluding hydrogens is 388 g/mol. The molecular formula is C25H42N4O2. The van der Waals surface area contributed by atoms with Crippen molar-refractivity contribution < 1.29 is 9.53 Å². The molecule has 0 N–H and O–H groups in total. The monoisotopic (exact) mass is 430 g/mol. The first-order valence-corrected chi connectivity index (χ1v) is 11.9. The lowest BCUT2D eigenvalue weighted by Gasteiger charge is -2.38. The van der Waals surface area contributed by atoms with Crippen molar-refractivity contribution in [3.8, 4) is 5.75 Å². The van der Waals surface area contributed by atoms with Crippen molar-refractivity contribution in [2.45, 2.75) is 32.2 Å². The number of para-hydroxylation sites is 1. The SMILES string of the molecule is COc1ccccc1CN1CCCC(CN(CCN(C)C)C(=O)C2CCN(C)CC2)C1. The summed E-state index contributed by atoms with van der Waals surface area (Å²) >= 11 is 0. The van der Waals surface area contributed by atoms with Crippen LogP contribution in [0, 0.1) is 11.8 Å². The molecule has 1 aromatic carbocycles. The van der Waals surface area contributed by atoms with E-state index in [9.17, 15) is 4.79 Å². The summed E-state index contributed by atoms with van der Waals surface area (Å²) in [6.07, 6.45) is 4.40. The van der Waals surface area contributed by atoms with Crippen LogP contribution < -0.4 is 4.74 Å². The van der Waals surface area contributed by atoms with Crippen molar-refractivity contribution in [1.82, 2.24) is 19.6 Å². The molecule has 174 valence electrons. The highest BCUT2D eigenvalue weighted by atomic mass is 16.5. The van der Waals surface area contributed by atoms with Gasteiger partial charge in [0, 0.05) is 44.2 Å². The molecule has 1 atom stereocenters. The summed E-state index contributed by atoms with van der Waals surface area (Å²) in [5.74, 6) is 2.10. The van der Waals surface area contributed by atoms with Gasteiger partial charge in [0.1, 0.15) is 5.75 Å². The quantitative estimate of drug-likeness (QED) is 0.602. The largest absolute Gasteiger partial charge is 0.496 e. The standard InChI is InChI=1S/C25H42N4O2/c1-26(2)16-17-29(25(30)22-11-14-27(3)15-12-22)19-21-8-7-13-28(18-21)20-23-9-5-6-10-24(23)31-4/h5-6,9-10,21-22H,7-8,11-20H2,1-4H3. The zero-order valence-corrected chi connectivity index (χ0v) is 20.1. The summed E-state index contributed by atoms with van der Waals surface area (Å²) in [5.41, 5.74) is 1.25. The fourth-order valence-electron chi connectivity index (χ4n) is 4.96. The first-order chi connectivity index (χ1) is 15.0. The fourth-order valence-corrected chi connectivity index (χ4v) is 4.96. The van der Waals surface area contributed by atoms with Crippen LogP contribution in [0.5, 0.6) is 5.75 Å². The molecule has 0 spiro atoms. The van der Waals surface area contributed by atoms with E-state index >= 15 is 0 Å². The van der Waals surface area contributed by atoms with Gasteiger partial charge in [0.15, 0.2) is 0 Å². The van der Waals surface area contributed by atoms with E-state index in [0.717, 1.165) is 70.9 Å². The predicted molar refractivity (Wildman–Crippen MR) is 126 cm³/mol. The first-order valence-electron chi connectivity index (χ1n) is 11.9. The molecule has 31 heavy (non-hydrogen) atoms. The van der Waals surface area contributed by atoms with Crippen LogP contribution in [0.15, 0.2) is 24.3 Å². The van der Waals surface area contributed by atoms with Crippen molar-refractivity contribution in [2.75, 3.05) is 74.1 Å². The lowest BCUT2D eigenvalue weighted by Crippen LogP contribution is -2.48. The molecule has 1 unspecified atom stereocenters. The van der Waals surface area contributed by atoms with Crippen molar-refractivity contribution in [3.63, 3.8) is 0 Å². The molecule has 0 saturated carbocycles. The molecule has 3 rings (SSSR count). The first kappa shape index (κ1) is 24.0. The minimum Gasteiger partial charge on any atom is -0.496 e. The minimum atomic E-state index is 0.201. The Bertz CT molecular complexity index is 688. The van der Waals surface area contributed by atoms with Gasteiger partial charge in [0.2, 0.25) is 5.91 Å². The van der Waals surface area contributed by atoms with E-state index in [1.54, 1.807) is 7.11 Å². The number of likely N-dealkylation sites (N-methyl/N-ethyl adjacent to an activating group) is 1.